The third kappa shape index (κ3) is 4.39. The lowest BCUT2D eigenvalue weighted by atomic mass is 10.0. The van der Waals surface area contributed by atoms with Crippen molar-refractivity contribution >= 4 is 6.09 Å². The second-order valence-electron chi connectivity index (χ2n) is 7.42. The molecule has 1 aliphatic rings. The number of aliphatic hydroxyl groups excluding tert-OH is 1. The number of hydrogen-bond acceptors (Lipinski definition) is 5. The molecule has 1 amide bonds. The fraction of sp³-hybridized carbons (Fsp3) is 0.588. The highest BCUT2D eigenvalue weighted by Gasteiger charge is 2.33. The van der Waals surface area contributed by atoms with E-state index in [1.165, 1.54) is 0 Å². The van der Waals surface area contributed by atoms with Crippen molar-refractivity contribution < 1.29 is 14.6 Å². The van der Waals surface area contributed by atoms with E-state index in [0.717, 1.165) is 17.7 Å². The van der Waals surface area contributed by atoms with E-state index in [1.54, 1.807) is 15.8 Å². The summed E-state index contributed by atoms with van der Waals surface area (Å²) in [5, 5.41) is 17.5. The monoisotopic (exact) mass is 347 g/mol. The summed E-state index contributed by atoms with van der Waals surface area (Å²) in [4.78, 5) is 13.7. The van der Waals surface area contributed by atoms with Gasteiger partial charge >= 0.3 is 6.09 Å². The van der Waals surface area contributed by atoms with Crippen LogP contribution in [-0.4, -0.2) is 61.0 Å². The molecule has 0 unspecified atom stereocenters. The lowest BCUT2D eigenvalue weighted by Gasteiger charge is -2.39. The van der Waals surface area contributed by atoms with E-state index in [0.29, 0.717) is 25.6 Å². The highest BCUT2D eigenvalue weighted by Crippen LogP contribution is 2.22. The molecule has 1 saturated heterocycles. The number of ether oxygens (including phenoxy) is 1. The van der Waals surface area contributed by atoms with E-state index in [2.05, 4.69) is 10.2 Å². The fourth-order valence-electron chi connectivity index (χ4n) is 2.78. The Bertz CT molecular complexity index is 725. The second kappa shape index (κ2) is 6.87. The van der Waals surface area contributed by atoms with Gasteiger partial charge in [-0.3, -0.25) is 9.36 Å². The Labute approximate surface area is 147 Å². The SMILES string of the molecule is CC(C)(C)OC(=O)N1CC(Cn2cc(-c3cnn(CCO)c3)cn2)C1. The van der Waals surface area contributed by atoms with Crippen LogP contribution < -0.4 is 0 Å². The van der Waals surface area contributed by atoms with E-state index in [-0.39, 0.29) is 12.7 Å². The Morgan fingerprint density at radius 3 is 2.40 bits per heavy atom. The smallest absolute Gasteiger partial charge is 0.410 e. The van der Waals surface area contributed by atoms with Crippen LogP contribution in [0, 0.1) is 5.92 Å². The van der Waals surface area contributed by atoms with Crippen molar-refractivity contribution in [3.8, 4) is 11.1 Å². The molecule has 0 saturated carbocycles. The second-order valence-corrected chi connectivity index (χ2v) is 7.42. The number of nitrogens with zero attached hydrogens (tertiary/aromatic N) is 5. The van der Waals surface area contributed by atoms with Gasteiger partial charge in [-0.2, -0.15) is 10.2 Å². The molecule has 136 valence electrons. The van der Waals surface area contributed by atoms with Crippen LogP contribution in [0.25, 0.3) is 11.1 Å². The van der Waals surface area contributed by atoms with Gasteiger partial charge in [-0.15, -0.1) is 0 Å². The molecule has 0 spiro atoms. The number of hydrogen-bond donors (Lipinski definition) is 1. The minimum Gasteiger partial charge on any atom is -0.444 e. The third-order valence-electron chi connectivity index (χ3n) is 3.98. The summed E-state index contributed by atoms with van der Waals surface area (Å²) < 4.78 is 8.97. The van der Waals surface area contributed by atoms with E-state index in [9.17, 15) is 4.79 Å². The van der Waals surface area contributed by atoms with Crippen LogP contribution in [0.15, 0.2) is 24.8 Å². The van der Waals surface area contributed by atoms with E-state index < -0.39 is 5.60 Å². The standard InChI is InChI=1S/C17H25N5O3/c1-17(2,3)25-16(24)20-8-13(9-20)10-22-12-15(7-19-22)14-6-18-21(11-14)4-5-23/h6-7,11-13,23H,4-5,8-10H2,1-3H3. The fourth-order valence-corrected chi connectivity index (χ4v) is 2.78. The summed E-state index contributed by atoms with van der Waals surface area (Å²) in [7, 11) is 0. The van der Waals surface area contributed by atoms with Crippen LogP contribution in [0.2, 0.25) is 0 Å². The molecule has 8 nitrogen and oxygen atoms in total. The van der Waals surface area contributed by atoms with Gasteiger partial charge in [-0.1, -0.05) is 0 Å². The van der Waals surface area contributed by atoms with E-state index in [4.69, 9.17) is 9.84 Å². The predicted molar refractivity (Wildman–Crippen MR) is 91.8 cm³/mol. The van der Waals surface area contributed by atoms with Gasteiger partial charge in [0.25, 0.3) is 0 Å². The van der Waals surface area contributed by atoms with Crippen LogP contribution in [0.3, 0.4) is 0 Å². The number of likely N-dealkylation sites (tertiary alicyclic amines) is 1. The molecular formula is C17H25N5O3. The summed E-state index contributed by atoms with van der Waals surface area (Å²) >= 11 is 0. The lowest BCUT2D eigenvalue weighted by molar-refractivity contribution is -0.00383. The number of carbonyl (C=O) groups excluding carboxylic acids is 1. The maximum absolute atomic E-state index is 11.9. The Morgan fingerprint density at radius 1 is 1.20 bits per heavy atom. The van der Waals surface area contributed by atoms with Crippen molar-refractivity contribution in [1.29, 1.82) is 0 Å². The molecule has 8 heteroatoms. The van der Waals surface area contributed by atoms with Crippen molar-refractivity contribution in [2.24, 2.45) is 5.92 Å². The molecule has 0 aliphatic carbocycles. The first kappa shape index (κ1) is 17.5. The largest absolute Gasteiger partial charge is 0.444 e. The van der Waals surface area contributed by atoms with Crippen LogP contribution in [0.5, 0.6) is 0 Å². The lowest BCUT2D eigenvalue weighted by Crippen LogP contribution is -2.52. The minimum atomic E-state index is -0.459. The first-order valence-corrected chi connectivity index (χ1v) is 8.48. The number of carbonyl (C=O) groups is 1. The maximum Gasteiger partial charge on any atom is 0.410 e. The van der Waals surface area contributed by atoms with Gasteiger partial charge in [0.1, 0.15) is 5.60 Å². The Morgan fingerprint density at radius 2 is 1.80 bits per heavy atom. The highest BCUT2D eigenvalue weighted by atomic mass is 16.6. The molecule has 1 N–H and O–H groups in total. The van der Waals surface area contributed by atoms with Crippen LogP contribution >= 0.6 is 0 Å². The molecule has 3 rings (SSSR count). The van der Waals surface area contributed by atoms with Gasteiger partial charge < -0.3 is 14.7 Å². The third-order valence-corrected chi connectivity index (χ3v) is 3.98. The van der Waals surface area contributed by atoms with Crippen molar-refractivity contribution in [1.82, 2.24) is 24.5 Å². The molecule has 1 aliphatic heterocycles. The summed E-state index contributed by atoms with van der Waals surface area (Å²) in [5.74, 6) is 0.386. The number of aliphatic hydroxyl groups is 1. The van der Waals surface area contributed by atoms with Crippen LogP contribution in [0.1, 0.15) is 20.8 Å². The Hall–Kier alpha value is -2.35. The number of aromatic nitrogens is 4. The summed E-state index contributed by atoms with van der Waals surface area (Å²) in [5.41, 5.74) is 1.51. The molecule has 0 radical (unpaired) electrons. The molecule has 3 heterocycles. The minimum absolute atomic E-state index is 0.0657. The Balaban J connectivity index is 1.50. The molecule has 0 atom stereocenters. The average Bonchev–Trinajstić information content (AvgIpc) is 3.09. The normalized spacial score (nSPS) is 15.3. The van der Waals surface area contributed by atoms with Gasteiger partial charge in [-0.25, -0.2) is 4.79 Å². The molecule has 0 aromatic carbocycles. The van der Waals surface area contributed by atoms with Crippen molar-refractivity contribution in [2.75, 3.05) is 19.7 Å². The van der Waals surface area contributed by atoms with Crippen molar-refractivity contribution in [2.45, 2.75) is 39.5 Å². The zero-order chi connectivity index (χ0) is 18.0. The van der Waals surface area contributed by atoms with Crippen molar-refractivity contribution in [3.63, 3.8) is 0 Å². The quantitative estimate of drug-likeness (QED) is 0.888. The zero-order valence-corrected chi connectivity index (χ0v) is 14.9. The summed E-state index contributed by atoms with van der Waals surface area (Å²) in [6.07, 6.45) is 7.21. The van der Waals surface area contributed by atoms with Gasteiger partial charge in [0.15, 0.2) is 0 Å². The van der Waals surface area contributed by atoms with E-state index in [1.807, 2.05) is 44.0 Å². The summed E-state index contributed by atoms with van der Waals surface area (Å²) in [6, 6.07) is 0. The molecule has 2 aromatic heterocycles. The van der Waals surface area contributed by atoms with Gasteiger partial charge in [-0.05, 0) is 20.8 Å². The molecule has 0 bridgehead atoms. The molecule has 25 heavy (non-hydrogen) atoms. The van der Waals surface area contributed by atoms with Crippen LogP contribution in [-0.2, 0) is 17.8 Å². The molecule has 2 aromatic rings. The topological polar surface area (TPSA) is 85.4 Å². The maximum atomic E-state index is 11.9. The molecular weight excluding hydrogens is 322 g/mol. The van der Waals surface area contributed by atoms with E-state index >= 15 is 0 Å². The van der Waals surface area contributed by atoms with Gasteiger partial charge in [0.2, 0.25) is 0 Å². The van der Waals surface area contributed by atoms with Crippen LogP contribution in [0.4, 0.5) is 4.79 Å². The first-order valence-electron chi connectivity index (χ1n) is 8.48. The molecule has 1 fully saturated rings. The Kier molecular flexibility index (Phi) is 4.80. The number of rotatable bonds is 5. The average molecular weight is 347 g/mol. The first-order chi connectivity index (χ1) is 11.8. The highest BCUT2D eigenvalue weighted by molar-refractivity contribution is 5.69. The van der Waals surface area contributed by atoms with Gasteiger partial charge in [0, 0.05) is 49.1 Å². The zero-order valence-electron chi connectivity index (χ0n) is 14.9. The number of amides is 1. The summed E-state index contributed by atoms with van der Waals surface area (Å²) in [6.45, 7) is 8.32. The van der Waals surface area contributed by atoms with Gasteiger partial charge in [0.05, 0.1) is 25.5 Å². The van der Waals surface area contributed by atoms with Crippen molar-refractivity contribution in [3.05, 3.63) is 24.8 Å². The predicted octanol–water partition coefficient (Wildman–Crippen LogP) is 1.61.